The maximum atomic E-state index is 11.8. The van der Waals surface area contributed by atoms with E-state index in [-0.39, 0.29) is 23.7 Å². The van der Waals surface area contributed by atoms with Gasteiger partial charge in [-0.3, -0.25) is 19.4 Å². The molecule has 2 atom stereocenters. The van der Waals surface area contributed by atoms with Crippen molar-refractivity contribution in [3.8, 4) is 0 Å². The average molecular weight is 699 g/mol. The minimum Gasteiger partial charge on any atom is -0.368 e. The fourth-order valence-electron chi connectivity index (χ4n) is 6.31. The summed E-state index contributed by atoms with van der Waals surface area (Å²) in [6.07, 6.45) is 0. The van der Waals surface area contributed by atoms with E-state index in [0.717, 1.165) is 85.8 Å². The molecule has 2 aliphatic heterocycles. The molecule has 2 aromatic carbocycles. The Morgan fingerprint density at radius 2 is 1.08 bits per heavy atom. The van der Waals surface area contributed by atoms with E-state index >= 15 is 0 Å². The molecule has 4 aromatic rings. The molecule has 14 heteroatoms. The zero-order valence-corrected chi connectivity index (χ0v) is 30.6. The lowest BCUT2D eigenvalue weighted by Gasteiger charge is -2.31. The van der Waals surface area contributed by atoms with Gasteiger partial charge in [-0.05, 0) is 43.1 Å². The van der Waals surface area contributed by atoms with Gasteiger partial charge in [-0.15, -0.1) is 0 Å². The van der Waals surface area contributed by atoms with Crippen molar-refractivity contribution in [3.05, 3.63) is 60.2 Å². The van der Waals surface area contributed by atoms with E-state index in [4.69, 9.17) is 31.4 Å². The van der Waals surface area contributed by atoms with Crippen molar-refractivity contribution in [1.29, 1.82) is 0 Å². The minimum absolute atomic E-state index is 0.0716. The van der Waals surface area contributed by atoms with Gasteiger partial charge in [-0.25, -0.2) is 19.9 Å². The van der Waals surface area contributed by atoms with Crippen LogP contribution < -0.4 is 27.4 Å². The Morgan fingerprint density at radius 3 is 1.49 bits per heavy atom. The van der Waals surface area contributed by atoms with Crippen LogP contribution >= 0.6 is 0 Å². The van der Waals surface area contributed by atoms with Crippen molar-refractivity contribution in [2.24, 2.45) is 23.3 Å². The van der Waals surface area contributed by atoms with Crippen LogP contribution in [0.25, 0.3) is 21.8 Å². The highest BCUT2D eigenvalue weighted by Crippen LogP contribution is 2.24. The van der Waals surface area contributed by atoms with E-state index < -0.39 is 12.1 Å². The first-order chi connectivity index (χ1) is 24.5. The molecule has 51 heavy (non-hydrogen) atoms. The van der Waals surface area contributed by atoms with E-state index in [0.29, 0.717) is 24.7 Å². The Hall–Kier alpha value is -4.50. The Labute approximate surface area is 300 Å². The number of aromatic nitrogens is 4. The number of carbonyl (C=O) groups is 2. The van der Waals surface area contributed by atoms with Gasteiger partial charge in [0, 0.05) is 63.1 Å². The number of hydrogen-bond donors (Lipinski definition) is 5. The largest absolute Gasteiger partial charge is 0.368 e. The number of piperazine rings is 2. The third-order valence-electron chi connectivity index (χ3n) is 9.37. The first kappa shape index (κ1) is 37.7. The van der Waals surface area contributed by atoms with Crippen LogP contribution in [-0.4, -0.2) is 118 Å². The molecule has 2 fully saturated rings. The maximum absolute atomic E-state index is 11.8. The molecule has 7 N–H and O–H groups in total. The number of rotatable bonds is 12. The van der Waals surface area contributed by atoms with E-state index in [1.807, 2.05) is 76.2 Å². The Kier molecular flexibility index (Phi) is 13.0. The third kappa shape index (κ3) is 10.3. The van der Waals surface area contributed by atoms with Gasteiger partial charge in [0.15, 0.2) is 0 Å². The average Bonchev–Trinajstić information content (AvgIpc) is 3.10. The summed E-state index contributed by atoms with van der Waals surface area (Å²) >= 11 is 0. The monoisotopic (exact) mass is 698 g/mol. The second kappa shape index (κ2) is 17.6. The second-order valence-corrected chi connectivity index (χ2v) is 14.2. The first-order valence-electron chi connectivity index (χ1n) is 18.0. The summed E-state index contributed by atoms with van der Waals surface area (Å²) in [5.41, 5.74) is 12.9. The molecule has 2 aliphatic rings. The fourth-order valence-corrected chi connectivity index (χ4v) is 6.31. The molecular weight excluding hydrogens is 644 g/mol. The molecule has 2 saturated heterocycles. The summed E-state index contributed by atoms with van der Waals surface area (Å²) in [4.78, 5) is 49.5. The SMILES string of the molecule is CC(C)[C@H](Nc1nc(CN2CCN(C)CC2)nc2ccccc12)C(N)=O.CC(C)[C@H](Nc1nc(CN2CCNCC2)nc2ccccc12)C(N)=O. The highest BCUT2D eigenvalue weighted by atomic mass is 16.2. The number of hydrogen-bond acceptors (Lipinski definition) is 12. The van der Waals surface area contributed by atoms with E-state index in [9.17, 15) is 9.59 Å². The summed E-state index contributed by atoms with van der Waals surface area (Å²) < 4.78 is 0. The van der Waals surface area contributed by atoms with Gasteiger partial charge in [0.05, 0.1) is 24.1 Å². The molecule has 0 bridgehead atoms. The molecule has 0 spiro atoms. The summed E-state index contributed by atoms with van der Waals surface area (Å²) in [6.45, 7) is 17.3. The predicted molar refractivity (Wildman–Crippen MR) is 203 cm³/mol. The van der Waals surface area contributed by atoms with Gasteiger partial charge in [0.25, 0.3) is 0 Å². The van der Waals surface area contributed by atoms with Crippen LogP contribution in [0, 0.1) is 11.8 Å². The Balaban J connectivity index is 0.000000198. The third-order valence-corrected chi connectivity index (χ3v) is 9.37. The number of para-hydroxylation sites is 2. The molecular formula is C37H54N12O2. The van der Waals surface area contributed by atoms with Gasteiger partial charge >= 0.3 is 0 Å². The number of benzene rings is 2. The Bertz CT molecular complexity index is 1770. The molecule has 0 radical (unpaired) electrons. The number of nitrogens with one attached hydrogen (secondary N) is 3. The van der Waals surface area contributed by atoms with Crippen LogP contribution in [0.4, 0.5) is 11.6 Å². The molecule has 0 aliphatic carbocycles. The first-order valence-corrected chi connectivity index (χ1v) is 18.0. The van der Waals surface area contributed by atoms with E-state index in [2.05, 4.69) is 37.7 Å². The number of nitrogens with two attached hydrogens (primary N) is 2. The van der Waals surface area contributed by atoms with Crippen LogP contribution in [0.2, 0.25) is 0 Å². The molecule has 6 rings (SSSR count). The molecule has 0 saturated carbocycles. The lowest BCUT2D eigenvalue weighted by molar-refractivity contribution is -0.120. The molecule has 0 unspecified atom stereocenters. The van der Waals surface area contributed by atoms with Crippen LogP contribution in [0.1, 0.15) is 39.3 Å². The van der Waals surface area contributed by atoms with E-state index in [1.54, 1.807) is 0 Å². The van der Waals surface area contributed by atoms with Crippen LogP contribution in [0.15, 0.2) is 48.5 Å². The van der Waals surface area contributed by atoms with Crippen molar-refractivity contribution in [1.82, 2.24) is 40.0 Å². The Morgan fingerprint density at radius 1 is 0.667 bits per heavy atom. The van der Waals surface area contributed by atoms with Gasteiger partial charge < -0.3 is 32.3 Å². The number of nitrogens with zero attached hydrogens (tertiary/aromatic N) is 7. The maximum Gasteiger partial charge on any atom is 0.240 e. The number of primary amides is 2. The number of likely N-dealkylation sites (N-methyl/N-ethyl adjacent to an activating group) is 1. The molecule has 2 amide bonds. The molecule has 274 valence electrons. The smallest absolute Gasteiger partial charge is 0.240 e. The lowest BCUT2D eigenvalue weighted by Crippen LogP contribution is -2.44. The normalized spacial score (nSPS) is 17.2. The molecule has 4 heterocycles. The zero-order chi connectivity index (χ0) is 36.5. The summed E-state index contributed by atoms with van der Waals surface area (Å²) in [5.74, 6) is 2.28. The minimum atomic E-state index is -0.468. The van der Waals surface area contributed by atoms with Crippen molar-refractivity contribution in [2.45, 2.75) is 52.9 Å². The molecule has 14 nitrogen and oxygen atoms in total. The van der Waals surface area contributed by atoms with Crippen LogP contribution in [0.5, 0.6) is 0 Å². The van der Waals surface area contributed by atoms with Crippen LogP contribution in [0.3, 0.4) is 0 Å². The highest BCUT2D eigenvalue weighted by Gasteiger charge is 2.24. The predicted octanol–water partition coefficient (Wildman–Crippen LogP) is 2.26. The number of amides is 2. The van der Waals surface area contributed by atoms with Crippen LogP contribution in [-0.2, 0) is 22.7 Å². The van der Waals surface area contributed by atoms with Crippen molar-refractivity contribution >= 4 is 45.3 Å². The zero-order valence-electron chi connectivity index (χ0n) is 30.6. The quantitative estimate of drug-likeness (QED) is 0.146. The lowest BCUT2D eigenvalue weighted by atomic mass is 10.0. The summed E-state index contributed by atoms with van der Waals surface area (Å²) in [5, 5.41) is 11.6. The summed E-state index contributed by atoms with van der Waals surface area (Å²) in [7, 11) is 2.14. The van der Waals surface area contributed by atoms with Gasteiger partial charge in [-0.1, -0.05) is 52.0 Å². The van der Waals surface area contributed by atoms with Crippen molar-refractivity contribution < 1.29 is 9.59 Å². The van der Waals surface area contributed by atoms with Crippen molar-refractivity contribution in [3.63, 3.8) is 0 Å². The fraction of sp³-hybridized carbons (Fsp3) is 0.514. The standard InChI is InChI=1S/C19H28N6O.C18H26N6O/c1-13(2)17(18(20)26)23-19-14-6-4-5-7-15(14)21-16(22-19)12-25-10-8-24(3)9-11-25;1-12(2)16(17(19)25)23-18-13-5-3-4-6-14(13)21-15(22-18)11-24-9-7-20-8-10-24/h4-7,13,17H,8-12H2,1-3H3,(H2,20,26)(H,21,22,23);3-6,12,16,20H,7-11H2,1-2H3,(H2,19,25)(H,21,22,23)/t17-;16-/m00/s1. The highest BCUT2D eigenvalue weighted by molar-refractivity contribution is 5.93. The second-order valence-electron chi connectivity index (χ2n) is 14.2. The van der Waals surface area contributed by atoms with Crippen molar-refractivity contribution in [2.75, 3.05) is 70.0 Å². The topological polar surface area (TPSA) is 184 Å². The van der Waals surface area contributed by atoms with Gasteiger partial charge in [-0.2, -0.15) is 0 Å². The molecule has 2 aromatic heterocycles. The van der Waals surface area contributed by atoms with Gasteiger partial charge in [0.2, 0.25) is 11.8 Å². The number of fused-ring (bicyclic) bond motifs is 2. The van der Waals surface area contributed by atoms with E-state index in [1.165, 1.54) is 0 Å². The van der Waals surface area contributed by atoms with Gasteiger partial charge in [0.1, 0.15) is 35.4 Å². The number of carbonyl (C=O) groups excluding carboxylic acids is 2. The number of anilines is 2. The summed E-state index contributed by atoms with van der Waals surface area (Å²) in [6, 6.07) is 14.8.